The molecule has 0 bridgehead atoms. The maximum Gasteiger partial charge on any atom is 0.223 e. The van der Waals surface area contributed by atoms with E-state index in [0.717, 1.165) is 6.54 Å². The van der Waals surface area contributed by atoms with E-state index in [-0.39, 0.29) is 17.5 Å². The topological polar surface area (TPSA) is 32.3 Å². The van der Waals surface area contributed by atoms with E-state index in [2.05, 4.69) is 26.1 Å². The van der Waals surface area contributed by atoms with Crippen molar-refractivity contribution in [3.8, 4) is 0 Å². The van der Waals surface area contributed by atoms with Crippen LogP contribution in [0.1, 0.15) is 41.0 Å². The van der Waals surface area contributed by atoms with Gasteiger partial charge in [0.25, 0.3) is 0 Å². The smallest absolute Gasteiger partial charge is 0.223 e. The van der Waals surface area contributed by atoms with Crippen LogP contribution in [-0.4, -0.2) is 36.0 Å². The molecule has 0 fully saturated rings. The number of nitrogens with one attached hydrogen (secondary N) is 1. The minimum absolute atomic E-state index is 0.0939. The van der Waals surface area contributed by atoms with Gasteiger partial charge in [-0.05, 0) is 34.6 Å². The van der Waals surface area contributed by atoms with Crippen molar-refractivity contribution in [3.05, 3.63) is 0 Å². The molecule has 0 spiro atoms. The molecule has 0 aliphatic rings. The van der Waals surface area contributed by atoms with Gasteiger partial charge in [-0.1, -0.05) is 0 Å². The van der Waals surface area contributed by atoms with E-state index in [4.69, 9.17) is 0 Å². The highest BCUT2D eigenvalue weighted by molar-refractivity contribution is 5.76. The van der Waals surface area contributed by atoms with Crippen molar-refractivity contribution >= 4 is 5.91 Å². The molecule has 0 aromatic heterocycles. The van der Waals surface area contributed by atoms with Crippen molar-refractivity contribution in [2.45, 2.75) is 52.6 Å². The fraction of sp³-hybridized carbons (Fsp3) is 0.909. The highest BCUT2D eigenvalue weighted by Crippen LogP contribution is 2.00. The van der Waals surface area contributed by atoms with Crippen LogP contribution in [0.15, 0.2) is 0 Å². The molecule has 3 nitrogen and oxygen atoms in total. The zero-order valence-corrected chi connectivity index (χ0v) is 10.3. The Bertz CT molecular complexity index is 182. The van der Waals surface area contributed by atoms with Crippen molar-refractivity contribution < 1.29 is 4.79 Å². The summed E-state index contributed by atoms with van der Waals surface area (Å²) in [6.07, 6.45) is 0.575. The standard InChI is InChI=1S/C11H24N2O/c1-9(2)13(6)10(14)7-8-12-11(3,4)5/h9,12H,7-8H2,1-6H3. The lowest BCUT2D eigenvalue weighted by Gasteiger charge is -2.24. The van der Waals surface area contributed by atoms with Crippen molar-refractivity contribution in [2.24, 2.45) is 0 Å². The number of carbonyl (C=O) groups excluding carboxylic acids is 1. The van der Waals surface area contributed by atoms with Gasteiger partial charge in [-0.2, -0.15) is 0 Å². The second-order valence-corrected chi connectivity index (χ2v) is 5.03. The quantitative estimate of drug-likeness (QED) is 0.748. The first-order valence-electron chi connectivity index (χ1n) is 5.24. The molecular formula is C11H24N2O. The second kappa shape index (κ2) is 5.35. The van der Waals surface area contributed by atoms with E-state index >= 15 is 0 Å². The van der Waals surface area contributed by atoms with Crippen molar-refractivity contribution in [1.82, 2.24) is 10.2 Å². The molecular weight excluding hydrogens is 176 g/mol. The highest BCUT2D eigenvalue weighted by Gasteiger charge is 2.13. The maximum atomic E-state index is 11.6. The molecule has 0 radical (unpaired) electrons. The van der Waals surface area contributed by atoms with Crippen LogP contribution in [0.5, 0.6) is 0 Å². The normalized spacial score (nSPS) is 11.9. The summed E-state index contributed by atoms with van der Waals surface area (Å²) in [5.74, 6) is 0.205. The van der Waals surface area contributed by atoms with Crippen LogP contribution in [0, 0.1) is 0 Å². The van der Waals surface area contributed by atoms with Gasteiger partial charge in [0.05, 0.1) is 0 Å². The van der Waals surface area contributed by atoms with Gasteiger partial charge in [0, 0.05) is 31.6 Å². The predicted octanol–water partition coefficient (Wildman–Crippen LogP) is 1.63. The van der Waals surface area contributed by atoms with Crippen LogP contribution in [0.25, 0.3) is 0 Å². The van der Waals surface area contributed by atoms with Crippen LogP contribution in [0.2, 0.25) is 0 Å². The SMILES string of the molecule is CC(C)N(C)C(=O)CCNC(C)(C)C. The van der Waals surface area contributed by atoms with E-state index in [1.54, 1.807) is 4.90 Å². The average Bonchev–Trinajstić information content (AvgIpc) is 2.00. The minimum atomic E-state index is 0.0939. The lowest BCUT2D eigenvalue weighted by atomic mass is 10.1. The Labute approximate surface area is 87.9 Å². The zero-order valence-electron chi connectivity index (χ0n) is 10.3. The Kier molecular flexibility index (Phi) is 5.13. The summed E-state index contributed by atoms with van der Waals surface area (Å²) < 4.78 is 0. The van der Waals surface area contributed by atoms with E-state index in [1.165, 1.54) is 0 Å². The zero-order chi connectivity index (χ0) is 11.4. The Balaban J connectivity index is 3.75. The minimum Gasteiger partial charge on any atom is -0.343 e. The summed E-state index contributed by atoms with van der Waals surface area (Å²) in [5, 5.41) is 3.30. The van der Waals surface area contributed by atoms with Crippen LogP contribution < -0.4 is 5.32 Å². The van der Waals surface area contributed by atoms with Crippen molar-refractivity contribution in [2.75, 3.05) is 13.6 Å². The van der Waals surface area contributed by atoms with Gasteiger partial charge < -0.3 is 10.2 Å². The van der Waals surface area contributed by atoms with E-state index in [0.29, 0.717) is 6.42 Å². The number of amides is 1. The second-order valence-electron chi connectivity index (χ2n) is 5.03. The molecule has 1 N–H and O–H groups in total. The molecule has 1 amide bonds. The first-order valence-corrected chi connectivity index (χ1v) is 5.24. The molecule has 14 heavy (non-hydrogen) atoms. The van der Waals surface area contributed by atoms with E-state index < -0.39 is 0 Å². The monoisotopic (exact) mass is 200 g/mol. The Morgan fingerprint density at radius 3 is 2.21 bits per heavy atom. The van der Waals surface area contributed by atoms with Gasteiger partial charge in [0.15, 0.2) is 0 Å². The molecule has 0 atom stereocenters. The lowest BCUT2D eigenvalue weighted by Crippen LogP contribution is -2.40. The van der Waals surface area contributed by atoms with Crippen LogP contribution in [0.4, 0.5) is 0 Å². The van der Waals surface area contributed by atoms with E-state index in [9.17, 15) is 4.79 Å². The van der Waals surface area contributed by atoms with Crippen LogP contribution in [-0.2, 0) is 4.79 Å². The molecule has 0 saturated heterocycles. The largest absolute Gasteiger partial charge is 0.343 e. The van der Waals surface area contributed by atoms with Crippen molar-refractivity contribution in [3.63, 3.8) is 0 Å². The molecule has 0 saturated carbocycles. The number of nitrogens with zero attached hydrogens (tertiary/aromatic N) is 1. The fourth-order valence-corrected chi connectivity index (χ4v) is 1.01. The number of hydrogen-bond donors (Lipinski definition) is 1. The summed E-state index contributed by atoms with van der Waals surface area (Å²) in [7, 11) is 1.85. The number of hydrogen-bond acceptors (Lipinski definition) is 2. The number of carbonyl (C=O) groups is 1. The van der Waals surface area contributed by atoms with Gasteiger partial charge >= 0.3 is 0 Å². The van der Waals surface area contributed by atoms with Gasteiger partial charge in [0.2, 0.25) is 5.91 Å². The third-order valence-electron chi connectivity index (χ3n) is 2.16. The Morgan fingerprint density at radius 1 is 1.36 bits per heavy atom. The molecule has 0 heterocycles. The molecule has 0 aromatic rings. The Hall–Kier alpha value is -0.570. The van der Waals surface area contributed by atoms with Gasteiger partial charge in [-0.25, -0.2) is 0 Å². The molecule has 84 valence electrons. The molecule has 0 aliphatic heterocycles. The first-order chi connectivity index (χ1) is 6.24. The van der Waals surface area contributed by atoms with Crippen LogP contribution in [0.3, 0.4) is 0 Å². The van der Waals surface area contributed by atoms with Gasteiger partial charge in [-0.3, -0.25) is 4.79 Å². The van der Waals surface area contributed by atoms with Gasteiger partial charge in [-0.15, -0.1) is 0 Å². The lowest BCUT2D eigenvalue weighted by molar-refractivity contribution is -0.131. The molecule has 0 aromatic carbocycles. The summed E-state index contributed by atoms with van der Waals surface area (Å²) in [6.45, 7) is 11.1. The fourth-order valence-electron chi connectivity index (χ4n) is 1.01. The number of rotatable bonds is 4. The molecule has 0 unspecified atom stereocenters. The van der Waals surface area contributed by atoms with Gasteiger partial charge in [0.1, 0.15) is 0 Å². The summed E-state index contributed by atoms with van der Waals surface area (Å²) in [5.41, 5.74) is 0.0939. The predicted molar refractivity (Wildman–Crippen MR) is 60.3 cm³/mol. The highest BCUT2D eigenvalue weighted by atomic mass is 16.2. The third kappa shape index (κ3) is 5.97. The summed E-state index contributed by atoms with van der Waals surface area (Å²) in [6, 6.07) is 0.289. The Morgan fingerprint density at radius 2 is 1.86 bits per heavy atom. The van der Waals surface area contributed by atoms with Crippen molar-refractivity contribution in [1.29, 1.82) is 0 Å². The maximum absolute atomic E-state index is 11.6. The molecule has 0 aliphatic carbocycles. The average molecular weight is 200 g/mol. The summed E-state index contributed by atoms with van der Waals surface area (Å²) >= 11 is 0. The van der Waals surface area contributed by atoms with Crippen LogP contribution >= 0.6 is 0 Å². The summed E-state index contributed by atoms with van der Waals surface area (Å²) in [4.78, 5) is 13.3. The third-order valence-corrected chi connectivity index (χ3v) is 2.16. The molecule has 3 heteroatoms. The first kappa shape index (κ1) is 13.4. The van der Waals surface area contributed by atoms with E-state index in [1.807, 2.05) is 20.9 Å². The molecule has 0 rings (SSSR count).